The van der Waals surface area contributed by atoms with Crippen LogP contribution in [0.25, 0.3) is 0 Å². The number of ether oxygens (including phenoxy) is 1. The number of nitriles is 1. The molecule has 3 aromatic rings. The van der Waals surface area contributed by atoms with Gasteiger partial charge in [0.25, 0.3) is 11.8 Å². The number of halogens is 1. The molecule has 1 aliphatic carbocycles. The fraction of sp³-hybridized carbons (Fsp3) is 0.477. The maximum Gasteiger partial charge on any atom is 0.252 e. The van der Waals surface area contributed by atoms with Crippen LogP contribution in [-0.4, -0.2) is 92.5 Å². The van der Waals surface area contributed by atoms with Crippen molar-refractivity contribution in [1.29, 1.82) is 5.26 Å². The molecule has 1 atom stereocenters. The summed E-state index contributed by atoms with van der Waals surface area (Å²) in [7, 11) is 0. The van der Waals surface area contributed by atoms with Crippen LogP contribution < -0.4 is 30.5 Å². The van der Waals surface area contributed by atoms with Gasteiger partial charge in [-0.25, -0.2) is 0 Å². The predicted octanol–water partition coefficient (Wildman–Crippen LogP) is 5.40. The quantitative estimate of drug-likeness (QED) is 0.230. The maximum absolute atomic E-state index is 13.5. The largest absolute Gasteiger partial charge is 0.489 e. The Morgan fingerprint density at radius 3 is 2.14 bits per heavy atom. The lowest BCUT2D eigenvalue weighted by atomic mass is 9.49. The maximum atomic E-state index is 13.5. The summed E-state index contributed by atoms with van der Waals surface area (Å²) < 4.78 is 6.38. The van der Waals surface area contributed by atoms with E-state index in [4.69, 9.17) is 16.3 Å². The summed E-state index contributed by atoms with van der Waals surface area (Å²) in [5, 5.41) is 17.9. The van der Waals surface area contributed by atoms with E-state index >= 15 is 0 Å². The zero-order chi connectivity index (χ0) is 40.5. The molecule has 3 saturated heterocycles. The summed E-state index contributed by atoms with van der Waals surface area (Å²) >= 11 is 6.25. The van der Waals surface area contributed by atoms with Crippen LogP contribution in [0, 0.1) is 28.1 Å². The number of nitrogens with one attached hydrogen (secondary N) is 3. The van der Waals surface area contributed by atoms with E-state index in [1.165, 1.54) is 0 Å². The van der Waals surface area contributed by atoms with Crippen LogP contribution in [0.5, 0.6) is 5.75 Å². The summed E-state index contributed by atoms with van der Waals surface area (Å²) in [5.41, 5.74) is 2.97. The van der Waals surface area contributed by atoms with Crippen molar-refractivity contribution in [2.75, 3.05) is 55.6 Å². The van der Waals surface area contributed by atoms with Gasteiger partial charge in [0.15, 0.2) is 0 Å². The Kier molecular flexibility index (Phi) is 11.5. The predicted molar refractivity (Wildman–Crippen MR) is 220 cm³/mol. The summed E-state index contributed by atoms with van der Waals surface area (Å²) in [4.78, 5) is 57.3. The summed E-state index contributed by atoms with van der Waals surface area (Å²) in [6, 6.07) is 21.8. The molecule has 13 heteroatoms. The number of hydrogen-bond acceptors (Lipinski definition) is 9. The highest BCUT2D eigenvalue weighted by molar-refractivity contribution is 6.31. The molecule has 0 radical (unpaired) electrons. The van der Waals surface area contributed by atoms with E-state index in [-0.39, 0.29) is 47.1 Å². The summed E-state index contributed by atoms with van der Waals surface area (Å²) in [6.45, 7) is 15.1. The number of piperazine rings is 1. The molecule has 0 bridgehead atoms. The number of rotatable bonds is 10. The molecule has 3 heterocycles. The highest BCUT2D eigenvalue weighted by Crippen LogP contribution is 2.55. The Bertz CT molecular complexity index is 2030. The van der Waals surface area contributed by atoms with Gasteiger partial charge in [-0.15, -0.1) is 0 Å². The summed E-state index contributed by atoms with van der Waals surface area (Å²) in [5.74, 6) is 0.0413. The molecular weight excluding hydrogens is 742 g/mol. The second kappa shape index (κ2) is 16.4. The summed E-state index contributed by atoms with van der Waals surface area (Å²) in [6.07, 6.45) is 2.57. The van der Waals surface area contributed by atoms with Crippen molar-refractivity contribution >= 4 is 46.6 Å². The van der Waals surface area contributed by atoms with Crippen molar-refractivity contribution < 1.29 is 23.9 Å². The lowest BCUT2D eigenvalue weighted by Gasteiger charge is -2.63. The van der Waals surface area contributed by atoms with E-state index < -0.39 is 11.9 Å². The lowest BCUT2D eigenvalue weighted by Crippen LogP contribution is -2.74. The minimum Gasteiger partial charge on any atom is -0.489 e. The van der Waals surface area contributed by atoms with Crippen LogP contribution in [0.2, 0.25) is 5.02 Å². The Labute approximate surface area is 339 Å². The van der Waals surface area contributed by atoms with Crippen molar-refractivity contribution in [3.8, 4) is 11.8 Å². The van der Waals surface area contributed by atoms with E-state index in [1.54, 1.807) is 24.3 Å². The first-order valence-electron chi connectivity index (χ1n) is 20.0. The van der Waals surface area contributed by atoms with Gasteiger partial charge in [-0.2, -0.15) is 5.26 Å². The van der Waals surface area contributed by atoms with Crippen molar-refractivity contribution in [2.45, 2.75) is 71.6 Å². The standard InChI is InChI=1S/C44H52ClN7O5/c1-43(2)41(44(3,4)42(43)57-34-13-10-31(26-46)35(45)25-34)49-38(54)29-8-11-32(12-9-29)51-18-16-28(17-19-51)27-50-20-22-52(23-21-50)33-7-5-6-30(24-33)39(55)47-36-14-15-37(53)48-40(36)56/h5-13,24-25,28,36,41-42H,14-23,27H2,1-4H3,(H,47,55)(H,49,54)(H,48,53,56)/t36?,41-,42-. The van der Waals surface area contributed by atoms with Gasteiger partial charge in [0.05, 0.1) is 10.6 Å². The van der Waals surface area contributed by atoms with E-state index in [1.807, 2.05) is 30.3 Å². The van der Waals surface area contributed by atoms with Gasteiger partial charge >= 0.3 is 0 Å². The van der Waals surface area contributed by atoms with Gasteiger partial charge < -0.3 is 25.2 Å². The Hall–Kier alpha value is -5.12. The average Bonchev–Trinajstić information content (AvgIpc) is 3.20. The number of piperidine rings is 2. The van der Waals surface area contributed by atoms with Gasteiger partial charge in [-0.1, -0.05) is 45.4 Å². The highest BCUT2D eigenvalue weighted by atomic mass is 35.5. The van der Waals surface area contributed by atoms with Crippen LogP contribution >= 0.6 is 11.6 Å². The molecule has 0 aromatic heterocycles. The molecule has 1 saturated carbocycles. The van der Waals surface area contributed by atoms with E-state index in [2.05, 4.69) is 76.5 Å². The SMILES string of the molecule is CC1(C)[C@H](NC(=O)c2ccc(N3CCC(CN4CCN(c5cccc(C(=O)NC6CCC(=O)NC6=O)c5)CC4)CC3)cc2)C(C)(C)[C@H]1Oc1ccc(C#N)c(Cl)c1. The smallest absolute Gasteiger partial charge is 0.252 e. The zero-order valence-electron chi connectivity index (χ0n) is 33.1. The molecule has 4 amide bonds. The fourth-order valence-electron chi connectivity index (χ4n) is 9.48. The molecule has 3 N–H and O–H groups in total. The molecule has 3 aromatic carbocycles. The Balaban J connectivity index is 0.845. The van der Waals surface area contributed by atoms with Crippen LogP contribution in [0.15, 0.2) is 66.7 Å². The first-order valence-corrected chi connectivity index (χ1v) is 20.3. The van der Waals surface area contributed by atoms with E-state index in [0.29, 0.717) is 39.8 Å². The number of hydrogen-bond donors (Lipinski definition) is 3. The van der Waals surface area contributed by atoms with E-state index in [9.17, 15) is 24.4 Å². The number of benzene rings is 3. The minimum absolute atomic E-state index is 0.102. The first kappa shape index (κ1) is 40.1. The van der Waals surface area contributed by atoms with Crippen molar-refractivity contribution in [2.24, 2.45) is 16.7 Å². The minimum atomic E-state index is -0.701. The van der Waals surface area contributed by atoms with Crippen molar-refractivity contribution in [3.63, 3.8) is 0 Å². The molecule has 4 aliphatic rings. The first-order chi connectivity index (χ1) is 27.2. The average molecular weight is 794 g/mol. The molecule has 1 unspecified atom stereocenters. The monoisotopic (exact) mass is 793 g/mol. The molecule has 4 fully saturated rings. The molecular formula is C44H52ClN7O5. The molecule has 7 rings (SSSR count). The molecule has 12 nitrogen and oxygen atoms in total. The highest BCUT2D eigenvalue weighted by Gasteiger charge is 2.64. The zero-order valence-corrected chi connectivity index (χ0v) is 33.9. The second-order valence-corrected chi connectivity index (χ2v) is 17.5. The molecule has 0 spiro atoms. The topological polar surface area (TPSA) is 147 Å². The molecule has 3 aliphatic heterocycles. The second-order valence-electron chi connectivity index (χ2n) is 17.1. The number of nitrogens with zero attached hydrogens (tertiary/aromatic N) is 4. The number of amides is 4. The van der Waals surface area contributed by atoms with E-state index in [0.717, 1.165) is 70.0 Å². The van der Waals surface area contributed by atoms with Gasteiger partial charge in [-0.05, 0) is 79.8 Å². The normalized spacial score (nSPS) is 23.5. The van der Waals surface area contributed by atoms with Gasteiger partial charge in [-0.3, -0.25) is 29.4 Å². The Morgan fingerprint density at radius 1 is 0.825 bits per heavy atom. The third-order valence-electron chi connectivity index (χ3n) is 12.4. The lowest BCUT2D eigenvalue weighted by molar-refractivity contribution is -0.164. The van der Waals surface area contributed by atoms with Gasteiger partial charge in [0, 0.05) is 97.7 Å². The van der Waals surface area contributed by atoms with Gasteiger partial charge in [0.2, 0.25) is 11.8 Å². The molecule has 57 heavy (non-hydrogen) atoms. The van der Waals surface area contributed by atoms with Crippen LogP contribution in [-0.2, 0) is 9.59 Å². The molecule has 300 valence electrons. The van der Waals surface area contributed by atoms with Gasteiger partial charge in [0.1, 0.15) is 24.0 Å². The van der Waals surface area contributed by atoms with Crippen molar-refractivity contribution in [1.82, 2.24) is 20.9 Å². The fourth-order valence-corrected chi connectivity index (χ4v) is 9.69. The number of anilines is 2. The third-order valence-corrected chi connectivity index (χ3v) is 12.8. The third kappa shape index (κ3) is 8.60. The van der Waals surface area contributed by atoms with Crippen LogP contribution in [0.3, 0.4) is 0 Å². The van der Waals surface area contributed by atoms with Crippen molar-refractivity contribution in [3.05, 3.63) is 88.4 Å². The van der Waals surface area contributed by atoms with Crippen LogP contribution in [0.1, 0.15) is 79.7 Å². The van der Waals surface area contributed by atoms with Crippen LogP contribution in [0.4, 0.5) is 11.4 Å². The Morgan fingerprint density at radius 2 is 1.49 bits per heavy atom. The number of carbonyl (C=O) groups is 4. The number of carbonyl (C=O) groups excluding carboxylic acids is 4. The number of imide groups is 1.